The molecule has 1 N–H and O–H groups in total. The molecular weight excluding hydrogens is 184 g/mol. The number of halogens is 1. The van der Waals surface area contributed by atoms with Crippen LogP contribution in [0.15, 0.2) is 30.5 Å². The molecule has 1 aromatic heterocycles. The van der Waals surface area contributed by atoms with E-state index in [4.69, 9.17) is 11.6 Å². The predicted molar refractivity (Wildman–Crippen MR) is 56.3 cm³/mol. The highest BCUT2D eigenvalue weighted by Gasteiger charge is 1.99. The molecule has 0 aliphatic heterocycles. The summed E-state index contributed by atoms with van der Waals surface area (Å²) in [6.07, 6.45) is 1.77. The maximum Gasteiger partial charge on any atom is 0.0737 e. The van der Waals surface area contributed by atoms with Crippen LogP contribution in [0.3, 0.4) is 0 Å². The lowest BCUT2D eigenvalue weighted by atomic mass is 10.2. The fourth-order valence-corrected chi connectivity index (χ4v) is 1.51. The molecule has 13 heavy (non-hydrogen) atoms. The summed E-state index contributed by atoms with van der Waals surface area (Å²) < 4.78 is 0. The van der Waals surface area contributed by atoms with Gasteiger partial charge in [0.1, 0.15) is 0 Å². The topological polar surface area (TPSA) is 24.9 Å². The predicted octanol–water partition coefficient (Wildman–Crippen LogP) is 2.93. The number of hydrogen-bond donors (Lipinski definition) is 1. The van der Waals surface area contributed by atoms with Crippen molar-refractivity contribution < 1.29 is 0 Å². The molecule has 0 bridgehead atoms. The number of rotatable bonds is 1. The lowest BCUT2D eigenvalue weighted by Gasteiger charge is -2.04. The van der Waals surface area contributed by atoms with Crippen LogP contribution in [0.5, 0.6) is 0 Å². The summed E-state index contributed by atoms with van der Waals surface area (Å²) in [5.74, 6) is 0. The number of fused-ring (bicyclic) bond motifs is 1. The molecule has 0 amide bonds. The number of benzene rings is 1. The quantitative estimate of drug-likeness (QED) is 0.752. The van der Waals surface area contributed by atoms with Crippen LogP contribution in [-0.2, 0) is 0 Å². The fraction of sp³-hybridized carbons (Fsp3) is 0.100. The Morgan fingerprint density at radius 1 is 1.31 bits per heavy atom. The monoisotopic (exact) mass is 192 g/mol. The minimum atomic E-state index is 0.716. The second kappa shape index (κ2) is 3.23. The molecule has 66 valence electrons. The van der Waals surface area contributed by atoms with E-state index in [2.05, 4.69) is 10.3 Å². The Labute approximate surface area is 81.6 Å². The molecule has 0 saturated heterocycles. The fourth-order valence-electron chi connectivity index (χ4n) is 1.34. The highest BCUT2D eigenvalue weighted by molar-refractivity contribution is 6.31. The van der Waals surface area contributed by atoms with Crippen molar-refractivity contribution in [3.05, 3.63) is 35.5 Å². The van der Waals surface area contributed by atoms with Gasteiger partial charge < -0.3 is 5.32 Å². The van der Waals surface area contributed by atoms with Crippen molar-refractivity contribution in [2.24, 2.45) is 0 Å². The Bertz CT molecular complexity index is 440. The highest BCUT2D eigenvalue weighted by atomic mass is 35.5. The van der Waals surface area contributed by atoms with Crippen molar-refractivity contribution in [2.75, 3.05) is 12.4 Å². The van der Waals surface area contributed by atoms with Crippen LogP contribution < -0.4 is 5.32 Å². The van der Waals surface area contributed by atoms with E-state index >= 15 is 0 Å². The number of aromatic nitrogens is 1. The Morgan fingerprint density at radius 3 is 2.92 bits per heavy atom. The van der Waals surface area contributed by atoms with Crippen molar-refractivity contribution >= 4 is 28.2 Å². The van der Waals surface area contributed by atoms with E-state index in [0.29, 0.717) is 5.02 Å². The van der Waals surface area contributed by atoms with Crippen LogP contribution in [0.4, 0.5) is 5.69 Å². The molecule has 0 aliphatic carbocycles. The SMILES string of the molecule is CNc1ccnc2cc(Cl)ccc12. The Hall–Kier alpha value is -1.28. The average molecular weight is 193 g/mol. The number of anilines is 1. The third-order valence-electron chi connectivity index (χ3n) is 1.97. The third kappa shape index (κ3) is 1.45. The Balaban J connectivity index is 2.77. The van der Waals surface area contributed by atoms with Crippen molar-refractivity contribution in [3.63, 3.8) is 0 Å². The summed E-state index contributed by atoms with van der Waals surface area (Å²) >= 11 is 5.85. The molecule has 2 aromatic rings. The molecule has 1 heterocycles. The van der Waals surface area contributed by atoms with Crippen LogP contribution in [0.1, 0.15) is 0 Å². The van der Waals surface area contributed by atoms with Crippen LogP contribution >= 0.6 is 11.6 Å². The molecule has 0 unspecified atom stereocenters. The first-order chi connectivity index (χ1) is 6.31. The molecule has 0 fully saturated rings. The molecule has 0 radical (unpaired) electrons. The first-order valence-electron chi connectivity index (χ1n) is 4.03. The standard InChI is InChI=1S/C10H9ClN2/c1-12-9-4-5-13-10-6-7(11)2-3-8(9)10/h2-6H,1H3,(H,12,13). The molecule has 2 nitrogen and oxygen atoms in total. The van der Waals surface area contributed by atoms with Crippen molar-refractivity contribution in [1.82, 2.24) is 4.98 Å². The molecule has 2 rings (SSSR count). The molecule has 0 aliphatic rings. The number of nitrogens with zero attached hydrogens (tertiary/aromatic N) is 1. The number of hydrogen-bond acceptors (Lipinski definition) is 2. The molecular formula is C10H9ClN2. The normalized spacial score (nSPS) is 10.3. The molecule has 0 saturated carbocycles. The van der Waals surface area contributed by atoms with E-state index in [0.717, 1.165) is 16.6 Å². The Morgan fingerprint density at radius 2 is 2.15 bits per heavy atom. The summed E-state index contributed by atoms with van der Waals surface area (Å²) in [6.45, 7) is 0. The lowest BCUT2D eigenvalue weighted by molar-refractivity contribution is 1.40. The molecule has 0 spiro atoms. The van der Waals surface area contributed by atoms with E-state index in [1.807, 2.05) is 31.3 Å². The van der Waals surface area contributed by atoms with Gasteiger partial charge in [0.25, 0.3) is 0 Å². The van der Waals surface area contributed by atoms with Gasteiger partial charge in [0, 0.05) is 29.3 Å². The van der Waals surface area contributed by atoms with Crippen LogP contribution in [0.2, 0.25) is 5.02 Å². The summed E-state index contributed by atoms with van der Waals surface area (Å²) in [5, 5.41) is 4.91. The van der Waals surface area contributed by atoms with Crippen molar-refractivity contribution in [1.29, 1.82) is 0 Å². The van der Waals surface area contributed by atoms with Crippen molar-refractivity contribution in [3.8, 4) is 0 Å². The maximum absolute atomic E-state index is 5.85. The molecule has 0 atom stereocenters. The van der Waals surface area contributed by atoms with Gasteiger partial charge >= 0.3 is 0 Å². The lowest BCUT2D eigenvalue weighted by Crippen LogP contribution is -1.90. The van der Waals surface area contributed by atoms with Crippen molar-refractivity contribution in [2.45, 2.75) is 0 Å². The second-order valence-electron chi connectivity index (χ2n) is 2.77. The third-order valence-corrected chi connectivity index (χ3v) is 2.21. The van der Waals surface area contributed by atoms with Gasteiger partial charge in [-0.25, -0.2) is 0 Å². The number of pyridine rings is 1. The highest BCUT2D eigenvalue weighted by Crippen LogP contribution is 2.23. The second-order valence-corrected chi connectivity index (χ2v) is 3.21. The first kappa shape index (κ1) is 8.32. The maximum atomic E-state index is 5.85. The smallest absolute Gasteiger partial charge is 0.0737 e. The summed E-state index contributed by atoms with van der Waals surface area (Å²) in [4.78, 5) is 4.23. The summed E-state index contributed by atoms with van der Waals surface area (Å²) in [6, 6.07) is 7.64. The summed E-state index contributed by atoms with van der Waals surface area (Å²) in [5.41, 5.74) is 1.99. The van der Waals surface area contributed by atoms with Gasteiger partial charge in [0.15, 0.2) is 0 Å². The van der Waals surface area contributed by atoms with Gasteiger partial charge in [0.2, 0.25) is 0 Å². The first-order valence-corrected chi connectivity index (χ1v) is 4.41. The molecule has 1 aromatic carbocycles. The van der Waals surface area contributed by atoms with Gasteiger partial charge in [-0.2, -0.15) is 0 Å². The van der Waals surface area contributed by atoms with Crippen LogP contribution in [0.25, 0.3) is 10.9 Å². The Kier molecular flexibility index (Phi) is 2.07. The van der Waals surface area contributed by atoms with E-state index in [9.17, 15) is 0 Å². The number of nitrogens with one attached hydrogen (secondary N) is 1. The van der Waals surface area contributed by atoms with Gasteiger partial charge in [-0.15, -0.1) is 0 Å². The van der Waals surface area contributed by atoms with E-state index < -0.39 is 0 Å². The van der Waals surface area contributed by atoms with E-state index in [-0.39, 0.29) is 0 Å². The van der Waals surface area contributed by atoms with Gasteiger partial charge in [0.05, 0.1) is 5.52 Å². The zero-order valence-electron chi connectivity index (χ0n) is 7.21. The summed E-state index contributed by atoms with van der Waals surface area (Å²) in [7, 11) is 1.89. The minimum absolute atomic E-state index is 0.716. The van der Waals surface area contributed by atoms with E-state index in [1.54, 1.807) is 6.20 Å². The van der Waals surface area contributed by atoms with Gasteiger partial charge in [-0.1, -0.05) is 11.6 Å². The molecule has 3 heteroatoms. The van der Waals surface area contributed by atoms with Crippen LogP contribution in [0, 0.1) is 0 Å². The van der Waals surface area contributed by atoms with E-state index in [1.165, 1.54) is 0 Å². The van der Waals surface area contributed by atoms with Crippen LogP contribution in [-0.4, -0.2) is 12.0 Å². The van der Waals surface area contributed by atoms with Gasteiger partial charge in [-0.05, 0) is 24.3 Å². The minimum Gasteiger partial charge on any atom is -0.388 e. The average Bonchev–Trinajstić information content (AvgIpc) is 2.16. The zero-order chi connectivity index (χ0) is 9.26. The largest absolute Gasteiger partial charge is 0.388 e. The zero-order valence-corrected chi connectivity index (χ0v) is 7.97. The van der Waals surface area contributed by atoms with Gasteiger partial charge in [-0.3, -0.25) is 4.98 Å².